The molecule has 27 heavy (non-hydrogen) atoms. The smallest absolute Gasteiger partial charge is 0.314 e. The van der Waals surface area contributed by atoms with Crippen LogP contribution in [0.4, 0.5) is 0 Å². The minimum Gasteiger partial charge on any atom is -0.438 e. The minimum absolute atomic E-state index is 0.0246. The molecule has 0 heterocycles. The molecule has 0 saturated heterocycles. The van der Waals surface area contributed by atoms with Crippen molar-refractivity contribution in [2.75, 3.05) is 6.79 Å². The molecular weight excluding hydrogens is 336 g/mol. The molecule has 8 unspecified atom stereocenters. The van der Waals surface area contributed by atoms with Crippen molar-refractivity contribution in [3.8, 4) is 0 Å². The molecule has 152 valence electrons. The highest BCUT2D eigenvalue weighted by molar-refractivity contribution is 5.81. The Morgan fingerprint density at radius 1 is 1.00 bits per heavy atom. The standard InChI is InChI=1S/C24H38O3/c1-22(2,3)11-24(12-23(24,4)5)21(25)27-13-26-18-10-16-9-17(18)20-15-7-6-14(8-15)19(16)20/h14-20H,6-13H2,1-5H3. The maximum Gasteiger partial charge on any atom is 0.314 e. The minimum atomic E-state index is -0.307. The van der Waals surface area contributed by atoms with Crippen molar-refractivity contribution in [3.05, 3.63) is 0 Å². The van der Waals surface area contributed by atoms with Gasteiger partial charge in [-0.3, -0.25) is 4.79 Å². The lowest BCUT2D eigenvalue weighted by atomic mass is 9.70. The van der Waals surface area contributed by atoms with E-state index in [0.29, 0.717) is 6.10 Å². The van der Waals surface area contributed by atoms with Crippen LogP contribution in [0.1, 0.15) is 79.6 Å². The summed E-state index contributed by atoms with van der Waals surface area (Å²) in [6, 6.07) is 0. The van der Waals surface area contributed by atoms with Gasteiger partial charge in [0.1, 0.15) is 0 Å². The van der Waals surface area contributed by atoms with Gasteiger partial charge in [-0.1, -0.05) is 34.6 Å². The second-order valence-electron chi connectivity index (χ2n) is 12.5. The summed E-state index contributed by atoms with van der Waals surface area (Å²) in [4.78, 5) is 12.9. The molecule has 0 aromatic carbocycles. The largest absolute Gasteiger partial charge is 0.438 e. The van der Waals surface area contributed by atoms with Crippen LogP contribution < -0.4 is 0 Å². The number of fused-ring (bicyclic) bond motifs is 9. The highest BCUT2D eigenvalue weighted by Gasteiger charge is 2.68. The molecule has 0 radical (unpaired) electrons. The van der Waals surface area contributed by atoms with Gasteiger partial charge in [-0.2, -0.15) is 0 Å². The Balaban J connectivity index is 1.16. The van der Waals surface area contributed by atoms with Crippen LogP contribution in [0.3, 0.4) is 0 Å². The molecule has 5 aliphatic rings. The molecule has 3 heteroatoms. The van der Waals surface area contributed by atoms with Crippen LogP contribution in [0.5, 0.6) is 0 Å². The molecule has 8 atom stereocenters. The Bertz CT molecular complexity index is 632. The zero-order valence-corrected chi connectivity index (χ0v) is 17.9. The first-order valence-corrected chi connectivity index (χ1v) is 11.4. The van der Waals surface area contributed by atoms with E-state index >= 15 is 0 Å². The fraction of sp³-hybridized carbons (Fsp3) is 0.958. The molecule has 5 rings (SSSR count). The molecule has 0 spiro atoms. The van der Waals surface area contributed by atoms with Crippen LogP contribution in [-0.2, 0) is 14.3 Å². The first kappa shape index (κ1) is 18.5. The van der Waals surface area contributed by atoms with E-state index in [1.54, 1.807) is 0 Å². The lowest BCUT2D eigenvalue weighted by molar-refractivity contribution is -0.174. The zero-order chi connectivity index (χ0) is 19.2. The van der Waals surface area contributed by atoms with Crippen molar-refractivity contribution in [2.45, 2.75) is 85.7 Å². The Kier molecular flexibility index (Phi) is 3.92. The zero-order valence-electron chi connectivity index (χ0n) is 17.9. The van der Waals surface area contributed by atoms with Gasteiger partial charge in [-0.15, -0.1) is 0 Å². The molecule has 5 saturated carbocycles. The van der Waals surface area contributed by atoms with Crippen LogP contribution >= 0.6 is 0 Å². The van der Waals surface area contributed by atoms with Gasteiger partial charge in [0.2, 0.25) is 0 Å². The third-order valence-corrected chi connectivity index (χ3v) is 9.28. The molecule has 3 nitrogen and oxygen atoms in total. The molecule has 5 fully saturated rings. The predicted molar refractivity (Wildman–Crippen MR) is 105 cm³/mol. The number of rotatable bonds is 5. The van der Waals surface area contributed by atoms with Gasteiger partial charge >= 0.3 is 5.97 Å². The van der Waals surface area contributed by atoms with Crippen LogP contribution in [0.15, 0.2) is 0 Å². The summed E-state index contributed by atoms with van der Waals surface area (Å²) in [5.41, 5.74) is -0.117. The fourth-order valence-corrected chi connectivity index (χ4v) is 8.35. The van der Waals surface area contributed by atoms with Crippen LogP contribution in [0.2, 0.25) is 0 Å². The van der Waals surface area contributed by atoms with Crippen molar-refractivity contribution >= 4 is 5.97 Å². The molecular formula is C24H38O3. The first-order valence-electron chi connectivity index (χ1n) is 11.4. The lowest BCUT2D eigenvalue weighted by Gasteiger charge is -2.38. The van der Waals surface area contributed by atoms with Gasteiger partial charge in [-0.25, -0.2) is 0 Å². The molecule has 0 amide bonds. The van der Waals surface area contributed by atoms with E-state index < -0.39 is 0 Å². The van der Waals surface area contributed by atoms with Gasteiger partial charge in [0.25, 0.3) is 0 Å². The van der Waals surface area contributed by atoms with E-state index in [-0.39, 0.29) is 29.0 Å². The van der Waals surface area contributed by atoms with Crippen molar-refractivity contribution in [3.63, 3.8) is 0 Å². The number of carbonyl (C=O) groups is 1. The van der Waals surface area contributed by atoms with Crippen molar-refractivity contribution < 1.29 is 14.3 Å². The summed E-state index contributed by atoms with van der Waals surface area (Å²) >= 11 is 0. The fourth-order valence-electron chi connectivity index (χ4n) is 8.35. The van der Waals surface area contributed by atoms with Crippen LogP contribution in [0, 0.1) is 51.8 Å². The van der Waals surface area contributed by atoms with Gasteiger partial charge in [0.15, 0.2) is 6.79 Å². The number of hydrogen-bond donors (Lipinski definition) is 0. The summed E-state index contributed by atoms with van der Waals surface area (Å²) in [5.74, 6) is 5.56. The second-order valence-corrected chi connectivity index (χ2v) is 12.5. The molecule has 0 N–H and O–H groups in total. The number of ether oxygens (including phenoxy) is 2. The van der Waals surface area contributed by atoms with E-state index in [2.05, 4.69) is 34.6 Å². The van der Waals surface area contributed by atoms with Crippen LogP contribution in [0.25, 0.3) is 0 Å². The summed E-state index contributed by atoms with van der Waals surface area (Å²) in [5, 5.41) is 0. The van der Waals surface area contributed by atoms with E-state index in [4.69, 9.17) is 9.47 Å². The lowest BCUT2D eigenvalue weighted by Crippen LogP contribution is -2.37. The van der Waals surface area contributed by atoms with Gasteiger partial charge in [0.05, 0.1) is 11.5 Å². The summed E-state index contributed by atoms with van der Waals surface area (Å²) in [7, 11) is 0. The SMILES string of the molecule is CC(C)(C)CC1(C(=O)OCOC2CC3CC2C2C4CCC(C4)C32)CC1(C)C. The number of hydrogen-bond acceptors (Lipinski definition) is 3. The molecule has 0 aromatic rings. The van der Waals surface area contributed by atoms with E-state index in [1.165, 1.54) is 32.1 Å². The molecule has 0 aromatic heterocycles. The third kappa shape index (κ3) is 2.74. The first-order chi connectivity index (χ1) is 12.6. The predicted octanol–water partition coefficient (Wildman–Crippen LogP) is 5.43. The average molecular weight is 375 g/mol. The highest BCUT2D eigenvalue weighted by Crippen LogP contribution is 2.69. The van der Waals surface area contributed by atoms with Gasteiger partial charge in [0, 0.05) is 0 Å². The van der Waals surface area contributed by atoms with Crippen molar-refractivity contribution in [1.82, 2.24) is 0 Å². The monoisotopic (exact) mass is 374 g/mol. The van der Waals surface area contributed by atoms with E-state index in [1.807, 2.05) is 0 Å². The van der Waals surface area contributed by atoms with Gasteiger partial charge < -0.3 is 9.47 Å². The topological polar surface area (TPSA) is 35.5 Å². The quantitative estimate of drug-likeness (QED) is 0.366. The Hall–Kier alpha value is -0.570. The Morgan fingerprint density at radius 2 is 1.67 bits per heavy atom. The maximum absolute atomic E-state index is 12.9. The summed E-state index contributed by atoms with van der Waals surface area (Å²) in [6.45, 7) is 11.2. The van der Waals surface area contributed by atoms with Gasteiger partial charge in [-0.05, 0) is 91.3 Å². The Morgan fingerprint density at radius 3 is 2.30 bits per heavy atom. The van der Waals surface area contributed by atoms with E-state index in [9.17, 15) is 4.79 Å². The summed E-state index contributed by atoms with van der Waals surface area (Å²) < 4.78 is 11.9. The average Bonchev–Trinajstić information content (AvgIpc) is 3.13. The van der Waals surface area contributed by atoms with E-state index in [0.717, 1.165) is 48.3 Å². The molecule has 4 bridgehead atoms. The van der Waals surface area contributed by atoms with Crippen molar-refractivity contribution in [2.24, 2.45) is 51.8 Å². The second kappa shape index (κ2) is 5.74. The molecule has 5 aliphatic carbocycles. The molecule has 0 aliphatic heterocycles. The third-order valence-electron chi connectivity index (χ3n) is 9.28. The summed E-state index contributed by atoms with van der Waals surface area (Å²) in [6.07, 6.45) is 9.21. The highest BCUT2D eigenvalue weighted by atomic mass is 16.7. The van der Waals surface area contributed by atoms with Crippen LogP contribution in [-0.4, -0.2) is 18.9 Å². The number of carbonyl (C=O) groups excluding carboxylic acids is 1. The Labute approximate surface area is 164 Å². The van der Waals surface area contributed by atoms with Crippen molar-refractivity contribution in [1.29, 1.82) is 0 Å². The number of esters is 1. The maximum atomic E-state index is 12.9. The normalized spacial score (nSPS) is 48.7.